The molecule has 1 aliphatic carbocycles. The Labute approximate surface area is 137 Å². The van der Waals surface area contributed by atoms with Gasteiger partial charge in [0.1, 0.15) is 0 Å². The maximum Gasteiger partial charge on any atom is 0.336 e. The molecule has 0 aromatic carbocycles. The average molecular weight is 351 g/mol. The lowest BCUT2D eigenvalue weighted by molar-refractivity contribution is -0.170. The van der Waals surface area contributed by atoms with Crippen molar-refractivity contribution in [3.8, 4) is 0 Å². The van der Waals surface area contributed by atoms with Gasteiger partial charge in [0, 0.05) is 11.0 Å². The molecule has 0 bridgehead atoms. The summed E-state index contributed by atoms with van der Waals surface area (Å²) >= 11 is 5.80. The first-order chi connectivity index (χ1) is 10.3. The molecule has 130 valence electrons. The maximum absolute atomic E-state index is 10.3. The van der Waals surface area contributed by atoms with Gasteiger partial charge < -0.3 is 25.5 Å². The van der Waals surface area contributed by atoms with Crippen molar-refractivity contribution in [3.63, 3.8) is 0 Å². The van der Waals surface area contributed by atoms with Gasteiger partial charge in [-0.25, -0.2) is 4.79 Å². The molecule has 0 aromatic rings. The number of allylic oxidation sites excluding steroid dienone is 2. The highest BCUT2D eigenvalue weighted by Gasteiger charge is 2.40. The van der Waals surface area contributed by atoms with Crippen molar-refractivity contribution in [3.05, 3.63) is 23.3 Å². The largest absolute Gasteiger partial charge is 0.481 e. The second-order valence-electron chi connectivity index (χ2n) is 5.34. The fourth-order valence-corrected chi connectivity index (χ4v) is 1.91. The molecule has 0 spiro atoms. The Hall–Kier alpha value is -1.90. The molecular weight excluding hydrogens is 332 g/mol. The monoisotopic (exact) mass is 350 g/mol. The number of carboxylic acid groups (broad SMARTS) is 3. The predicted octanol–water partition coefficient (Wildman–Crippen LogP) is 0.817. The van der Waals surface area contributed by atoms with Crippen LogP contribution in [0.5, 0.6) is 0 Å². The zero-order valence-corrected chi connectivity index (χ0v) is 13.3. The van der Waals surface area contributed by atoms with Gasteiger partial charge >= 0.3 is 17.9 Å². The van der Waals surface area contributed by atoms with Gasteiger partial charge in [-0.15, -0.1) is 0 Å². The zero-order chi connectivity index (χ0) is 18.4. The molecule has 0 aliphatic heterocycles. The highest BCUT2D eigenvalue weighted by molar-refractivity contribution is 6.30. The van der Waals surface area contributed by atoms with Crippen LogP contribution in [0.15, 0.2) is 23.3 Å². The highest BCUT2D eigenvalue weighted by Crippen LogP contribution is 2.31. The molecule has 0 saturated heterocycles. The van der Waals surface area contributed by atoms with Gasteiger partial charge in [-0.1, -0.05) is 30.7 Å². The SMILES string of the molecule is CC1C(Cl)=CC=CC1(C)O.O=C(O)CC(O)(CC(=O)O)C(=O)O. The first-order valence-corrected chi connectivity index (χ1v) is 6.86. The number of carbonyl (C=O) groups is 3. The second kappa shape index (κ2) is 8.09. The van der Waals surface area contributed by atoms with Crippen LogP contribution < -0.4 is 0 Å². The van der Waals surface area contributed by atoms with Crippen LogP contribution in [-0.2, 0) is 14.4 Å². The van der Waals surface area contributed by atoms with E-state index in [1.54, 1.807) is 19.1 Å². The Morgan fingerprint density at radius 2 is 1.65 bits per heavy atom. The first kappa shape index (κ1) is 21.1. The molecule has 23 heavy (non-hydrogen) atoms. The summed E-state index contributed by atoms with van der Waals surface area (Å²) in [5.74, 6) is -5.01. The number of aliphatic carboxylic acids is 3. The Kier molecular flexibility index (Phi) is 7.42. The summed E-state index contributed by atoms with van der Waals surface area (Å²) in [6, 6.07) is 0. The Bertz CT molecular complexity index is 519. The van der Waals surface area contributed by atoms with Crippen molar-refractivity contribution in [1.82, 2.24) is 0 Å². The van der Waals surface area contributed by atoms with Gasteiger partial charge in [-0.3, -0.25) is 9.59 Å². The van der Waals surface area contributed by atoms with E-state index in [0.717, 1.165) is 0 Å². The minimum Gasteiger partial charge on any atom is -0.481 e. The summed E-state index contributed by atoms with van der Waals surface area (Å²) in [5, 5.41) is 44.1. The minimum atomic E-state index is -2.74. The molecule has 1 aliphatic rings. The van der Waals surface area contributed by atoms with Crippen molar-refractivity contribution in [1.29, 1.82) is 0 Å². The molecule has 0 amide bonds. The smallest absolute Gasteiger partial charge is 0.336 e. The fraction of sp³-hybridized carbons (Fsp3) is 0.500. The lowest BCUT2D eigenvalue weighted by Gasteiger charge is -2.28. The number of carboxylic acids is 3. The van der Waals surface area contributed by atoms with E-state index in [1.807, 2.05) is 13.0 Å². The summed E-state index contributed by atoms with van der Waals surface area (Å²) in [6.45, 7) is 3.66. The molecule has 0 aromatic heterocycles. The van der Waals surface area contributed by atoms with E-state index < -0.39 is 42.0 Å². The van der Waals surface area contributed by atoms with E-state index in [-0.39, 0.29) is 5.92 Å². The summed E-state index contributed by atoms with van der Waals surface area (Å²) in [5.41, 5.74) is -3.51. The molecule has 0 saturated carbocycles. The average Bonchev–Trinajstić information content (AvgIpc) is 2.34. The van der Waals surface area contributed by atoms with Gasteiger partial charge in [0.15, 0.2) is 5.60 Å². The lowest BCUT2D eigenvalue weighted by Crippen LogP contribution is -2.42. The highest BCUT2D eigenvalue weighted by atomic mass is 35.5. The number of halogens is 1. The molecule has 0 heterocycles. The van der Waals surface area contributed by atoms with E-state index >= 15 is 0 Å². The van der Waals surface area contributed by atoms with E-state index in [2.05, 4.69) is 0 Å². The molecule has 2 unspecified atom stereocenters. The van der Waals surface area contributed by atoms with Crippen LogP contribution in [0.4, 0.5) is 0 Å². The predicted molar refractivity (Wildman–Crippen MR) is 80.0 cm³/mol. The van der Waals surface area contributed by atoms with E-state index in [4.69, 9.17) is 32.0 Å². The molecule has 8 nitrogen and oxygen atoms in total. The van der Waals surface area contributed by atoms with E-state index in [0.29, 0.717) is 5.03 Å². The number of aliphatic hydroxyl groups is 2. The zero-order valence-electron chi connectivity index (χ0n) is 12.6. The molecule has 1 rings (SSSR count). The van der Waals surface area contributed by atoms with Crippen molar-refractivity contribution in [2.24, 2.45) is 5.92 Å². The van der Waals surface area contributed by atoms with Gasteiger partial charge in [-0.05, 0) is 13.0 Å². The maximum atomic E-state index is 10.3. The molecule has 0 radical (unpaired) electrons. The van der Waals surface area contributed by atoms with Gasteiger partial charge in [-0.2, -0.15) is 0 Å². The van der Waals surface area contributed by atoms with Gasteiger partial charge in [0.05, 0.1) is 18.4 Å². The lowest BCUT2D eigenvalue weighted by atomic mass is 9.87. The molecule has 0 fully saturated rings. The topological polar surface area (TPSA) is 152 Å². The molecule has 9 heteroatoms. The van der Waals surface area contributed by atoms with Crippen LogP contribution in [0, 0.1) is 5.92 Å². The van der Waals surface area contributed by atoms with Crippen LogP contribution in [0.25, 0.3) is 0 Å². The molecular formula is C14H19ClO8. The van der Waals surface area contributed by atoms with Crippen molar-refractivity contribution in [2.45, 2.75) is 37.9 Å². The summed E-state index contributed by atoms with van der Waals surface area (Å²) in [7, 11) is 0. The summed E-state index contributed by atoms with van der Waals surface area (Å²) in [4.78, 5) is 30.5. The number of rotatable bonds is 5. The van der Waals surface area contributed by atoms with E-state index in [1.165, 1.54) is 0 Å². The van der Waals surface area contributed by atoms with Gasteiger partial charge in [0.2, 0.25) is 0 Å². The van der Waals surface area contributed by atoms with Crippen molar-refractivity contribution in [2.75, 3.05) is 0 Å². The number of hydrogen-bond acceptors (Lipinski definition) is 5. The van der Waals surface area contributed by atoms with Gasteiger partial charge in [0.25, 0.3) is 0 Å². The van der Waals surface area contributed by atoms with Crippen LogP contribution in [0.1, 0.15) is 26.7 Å². The van der Waals surface area contributed by atoms with E-state index in [9.17, 15) is 19.5 Å². The third-order valence-corrected chi connectivity index (χ3v) is 3.72. The standard InChI is InChI=1S/C8H11ClO.C6H8O7/c1-6-7(9)4-3-5-8(6,2)10;7-3(8)1-6(13,5(11)12)2-4(9)10/h3-6,10H,1-2H3;13H,1-2H2,(H,7,8)(H,9,10)(H,11,12). The fourth-order valence-electron chi connectivity index (χ4n) is 1.62. The quantitative estimate of drug-likeness (QED) is 0.488. The minimum absolute atomic E-state index is 0.0131. The normalized spacial score (nSPS) is 23.3. The molecule has 5 N–H and O–H groups in total. The molecule has 2 atom stereocenters. The third kappa shape index (κ3) is 6.81. The third-order valence-electron chi connectivity index (χ3n) is 3.26. The Morgan fingerprint density at radius 1 is 1.22 bits per heavy atom. The van der Waals surface area contributed by atoms with Crippen molar-refractivity contribution >= 4 is 29.5 Å². The summed E-state index contributed by atoms with van der Waals surface area (Å²) in [6.07, 6.45) is 3.05. The van der Waals surface area contributed by atoms with Crippen LogP contribution in [0.2, 0.25) is 0 Å². The summed E-state index contributed by atoms with van der Waals surface area (Å²) < 4.78 is 0. The van der Waals surface area contributed by atoms with Crippen LogP contribution in [0.3, 0.4) is 0 Å². The Morgan fingerprint density at radius 3 is 1.91 bits per heavy atom. The van der Waals surface area contributed by atoms with Crippen LogP contribution >= 0.6 is 11.6 Å². The second-order valence-corrected chi connectivity index (χ2v) is 5.77. The van der Waals surface area contributed by atoms with Crippen molar-refractivity contribution < 1.29 is 39.9 Å². The number of hydrogen-bond donors (Lipinski definition) is 5. The first-order valence-electron chi connectivity index (χ1n) is 6.48. The Balaban J connectivity index is 0.000000433. The van der Waals surface area contributed by atoms with Crippen LogP contribution in [-0.4, -0.2) is 54.6 Å².